The highest BCUT2D eigenvalue weighted by Gasteiger charge is 2.35. The predicted molar refractivity (Wildman–Crippen MR) is 71.1 cm³/mol. The first-order chi connectivity index (χ1) is 8.65. The Kier molecular flexibility index (Phi) is 4.36. The lowest BCUT2D eigenvalue weighted by atomic mass is 9.69. The Morgan fingerprint density at radius 1 is 1.39 bits per heavy atom. The lowest BCUT2D eigenvalue weighted by Crippen LogP contribution is -2.43. The van der Waals surface area contributed by atoms with Crippen LogP contribution in [0.15, 0.2) is 18.2 Å². The van der Waals surface area contributed by atoms with Crippen LogP contribution in [0.4, 0.5) is 4.39 Å². The smallest absolute Gasteiger partial charge is 0.126 e. The van der Waals surface area contributed by atoms with Crippen LogP contribution in [0, 0.1) is 18.2 Å². The Morgan fingerprint density at radius 2 is 2.17 bits per heavy atom. The number of aliphatic hydroxyl groups is 1. The fourth-order valence-electron chi connectivity index (χ4n) is 2.52. The first kappa shape index (κ1) is 13.5. The Bertz CT molecular complexity index is 396. The molecular weight excluding hydrogens is 229 g/mol. The molecule has 1 saturated carbocycles. The van der Waals surface area contributed by atoms with E-state index in [0.717, 1.165) is 37.9 Å². The molecule has 0 heterocycles. The van der Waals surface area contributed by atoms with Crippen molar-refractivity contribution in [3.05, 3.63) is 35.1 Å². The molecule has 0 saturated heterocycles. The standard InChI is InChI=1S/C15H22FNO/c1-12-9-13(3-4-14(12)16)5-8-17-10-15(11-18)6-2-7-15/h3-4,9,17-18H,2,5-8,10-11H2,1H3. The number of aryl methyl sites for hydroxylation is 1. The lowest BCUT2D eigenvalue weighted by Gasteiger charge is -2.40. The predicted octanol–water partition coefficient (Wildman–Crippen LogP) is 2.43. The topological polar surface area (TPSA) is 32.3 Å². The summed E-state index contributed by atoms with van der Waals surface area (Å²) in [5.74, 6) is -0.139. The summed E-state index contributed by atoms with van der Waals surface area (Å²) >= 11 is 0. The van der Waals surface area contributed by atoms with Crippen molar-refractivity contribution in [3.63, 3.8) is 0 Å². The Labute approximate surface area is 108 Å². The zero-order valence-corrected chi connectivity index (χ0v) is 11.0. The molecule has 2 rings (SSSR count). The van der Waals surface area contributed by atoms with E-state index in [1.54, 1.807) is 6.92 Å². The first-order valence-corrected chi connectivity index (χ1v) is 6.72. The molecule has 3 heteroatoms. The molecule has 0 aromatic heterocycles. The van der Waals surface area contributed by atoms with Crippen LogP contribution >= 0.6 is 0 Å². The summed E-state index contributed by atoms with van der Waals surface area (Å²) in [4.78, 5) is 0. The van der Waals surface area contributed by atoms with Gasteiger partial charge in [0, 0.05) is 18.6 Å². The fraction of sp³-hybridized carbons (Fsp3) is 0.600. The fourth-order valence-corrected chi connectivity index (χ4v) is 2.52. The summed E-state index contributed by atoms with van der Waals surface area (Å²) < 4.78 is 13.1. The number of hydrogen-bond acceptors (Lipinski definition) is 2. The number of aliphatic hydroxyl groups excluding tert-OH is 1. The number of benzene rings is 1. The number of halogens is 1. The van der Waals surface area contributed by atoms with Crippen LogP contribution in [-0.4, -0.2) is 24.8 Å². The Balaban J connectivity index is 1.73. The van der Waals surface area contributed by atoms with E-state index in [-0.39, 0.29) is 17.8 Å². The minimum absolute atomic E-state index is 0.138. The summed E-state index contributed by atoms with van der Waals surface area (Å²) in [5.41, 5.74) is 2.00. The van der Waals surface area contributed by atoms with Crippen molar-refractivity contribution in [2.45, 2.75) is 32.6 Å². The van der Waals surface area contributed by atoms with E-state index in [2.05, 4.69) is 5.32 Å². The summed E-state index contributed by atoms with van der Waals surface area (Å²) in [6.07, 6.45) is 4.40. The molecule has 0 unspecified atom stereocenters. The molecule has 0 radical (unpaired) electrons. The van der Waals surface area contributed by atoms with Gasteiger partial charge in [0.2, 0.25) is 0 Å². The highest BCUT2D eigenvalue weighted by Crippen LogP contribution is 2.39. The van der Waals surface area contributed by atoms with Gasteiger partial charge >= 0.3 is 0 Å². The monoisotopic (exact) mass is 251 g/mol. The van der Waals surface area contributed by atoms with Gasteiger partial charge in [-0.2, -0.15) is 0 Å². The highest BCUT2D eigenvalue weighted by atomic mass is 19.1. The van der Waals surface area contributed by atoms with E-state index < -0.39 is 0 Å². The second-order valence-corrected chi connectivity index (χ2v) is 5.52. The van der Waals surface area contributed by atoms with Gasteiger partial charge < -0.3 is 10.4 Å². The average Bonchev–Trinajstić information content (AvgIpc) is 2.32. The quantitative estimate of drug-likeness (QED) is 0.761. The van der Waals surface area contributed by atoms with Crippen LogP contribution in [0.2, 0.25) is 0 Å². The van der Waals surface area contributed by atoms with Gasteiger partial charge in [0.15, 0.2) is 0 Å². The number of nitrogens with one attached hydrogen (secondary N) is 1. The second kappa shape index (κ2) is 5.81. The van der Waals surface area contributed by atoms with Crippen LogP contribution in [0.3, 0.4) is 0 Å². The SMILES string of the molecule is Cc1cc(CCNCC2(CO)CCC2)ccc1F. The minimum atomic E-state index is -0.139. The molecule has 0 bridgehead atoms. The van der Waals surface area contributed by atoms with E-state index in [0.29, 0.717) is 5.56 Å². The summed E-state index contributed by atoms with van der Waals surface area (Å²) in [6, 6.07) is 5.28. The molecule has 2 N–H and O–H groups in total. The number of rotatable bonds is 6. The molecule has 2 nitrogen and oxygen atoms in total. The lowest BCUT2D eigenvalue weighted by molar-refractivity contribution is 0.0451. The van der Waals surface area contributed by atoms with Crippen molar-refractivity contribution < 1.29 is 9.50 Å². The largest absolute Gasteiger partial charge is 0.396 e. The van der Waals surface area contributed by atoms with Crippen LogP contribution in [0.5, 0.6) is 0 Å². The Hall–Kier alpha value is -0.930. The third-order valence-corrected chi connectivity index (χ3v) is 4.06. The van der Waals surface area contributed by atoms with E-state index in [1.165, 1.54) is 12.5 Å². The van der Waals surface area contributed by atoms with Gasteiger partial charge in [-0.25, -0.2) is 4.39 Å². The molecule has 1 fully saturated rings. The summed E-state index contributed by atoms with van der Waals surface area (Å²) in [7, 11) is 0. The summed E-state index contributed by atoms with van der Waals surface area (Å²) in [5, 5.41) is 12.7. The number of hydrogen-bond donors (Lipinski definition) is 2. The van der Waals surface area contributed by atoms with Gasteiger partial charge in [0.1, 0.15) is 5.82 Å². The van der Waals surface area contributed by atoms with Gasteiger partial charge in [-0.15, -0.1) is 0 Å². The second-order valence-electron chi connectivity index (χ2n) is 5.52. The zero-order chi connectivity index (χ0) is 13.0. The molecule has 0 spiro atoms. The molecule has 1 aromatic carbocycles. The normalized spacial score (nSPS) is 17.5. The van der Waals surface area contributed by atoms with Gasteiger partial charge in [0.25, 0.3) is 0 Å². The third-order valence-electron chi connectivity index (χ3n) is 4.06. The van der Waals surface area contributed by atoms with Gasteiger partial charge in [-0.05, 0) is 49.9 Å². The van der Waals surface area contributed by atoms with Crippen LogP contribution < -0.4 is 5.32 Å². The Morgan fingerprint density at radius 3 is 2.72 bits per heavy atom. The van der Waals surface area contributed by atoms with E-state index in [4.69, 9.17) is 0 Å². The molecule has 0 amide bonds. The molecule has 0 atom stereocenters. The van der Waals surface area contributed by atoms with E-state index in [9.17, 15) is 9.50 Å². The van der Waals surface area contributed by atoms with Gasteiger partial charge in [-0.1, -0.05) is 18.6 Å². The van der Waals surface area contributed by atoms with Gasteiger partial charge in [-0.3, -0.25) is 0 Å². The molecule has 1 aromatic rings. The highest BCUT2D eigenvalue weighted by molar-refractivity contribution is 5.24. The zero-order valence-electron chi connectivity index (χ0n) is 11.0. The van der Waals surface area contributed by atoms with Crippen LogP contribution in [0.25, 0.3) is 0 Å². The van der Waals surface area contributed by atoms with Crippen molar-refractivity contribution in [2.75, 3.05) is 19.7 Å². The van der Waals surface area contributed by atoms with Crippen molar-refractivity contribution in [2.24, 2.45) is 5.41 Å². The molecule has 0 aliphatic heterocycles. The molecule has 18 heavy (non-hydrogen) atoms. The van der Waals surface area contributed by atoms with E-state index >= 15 is 0 Å². The van der Waals surface area contributed by atoms with Gasteiger partial charge in [0.05, 0.1) is 0 Å². The van der Waals surface area contributed by atoms with Crippen LogP contribution in [-0.2, 0) is 6.42 Å². The molecule has 1 aliphatic rings. The third kappa shape index (κ3) is 3.09. The van der Waals surface area contributed by atoms with Crippen molar-refractivity contribution in [3.8, 4) is 0 Å². The maximum atomic E-state index is 13.1. The molecular formula is C15H22FNO. The molecule has 1 aliphatic carbocycles. The van der Waals surface area contributed by atoms with Crippen LogP contribution in [0.1, 0.15) is 30.4 Å². The maximum absolute atomic E-state index is 13.1. The minimum Gasteiger partial charge on any atom is -0.396 e. The van der Waals surface area contributed by atoms with Crippen molar-refractivity contribution >= 4 is 0 Å². The van der Waals surface area contributed by atoms with E-state index in [1.807, 2.05) is 12.1 Å². The first-order valence-electron chi connectivity index (χ1n) is 6.72. The van der Waals surface area contributed by atoms with Crippen molar-refractivity contribution in [1.29, 1.82) is 0 Å². The summed E-state index contributed by atoms with van der Waals surface area (Å²) in [6.45, 7) is 3.85. The molecule has 100 valence electrons. The average molecular weight is 251 g/mol. The maximum Gasteiger partial charge on any atom is 0.126 e. The van der Waals surface area contributed by atoms with Crippen molar-refractivity contribution in [1.82, 2.24) is 5.32 Å².